The Kier molecular flexibility index (Phi) is 3.58. The first-order chi connectivity index (χ1) is 8.02. The quantitative estimate of drug-likeness (QED) is 0.834. The van der Waals surface area contributed by atoms with E-state index < -0.39 is 0 Å². The van der Waals surface area contributed by atoms with Gasteiger partial charge in [0.1, 0.15) is 0 Å². The molecule has 0 heterocycles. The Balaban J connectivity index is 2.14. The zero-order valence-corrected chi connectivity index (χ0v) is 11.6. The van der Waals surface area contributed by atoms with Gasteiger partial charge in [-0.2, -0.15) is 0 Å². The highest BCUT2D eigenvalue weighted by Gasteiger charge is 2.42. The van der Waals surface area contributed by atoms with Gasteiger partial charge in [0, 0.05) is 18.0 Å². The van der Waals surface area contributed by atoms with Crippen molar-refractivity contribution in [2.45, 2.75) is 52.0 Å². The summed E-state index contributed by atoms with van der Waals surface area (Å²) in [4.78, 5) is 0. The highest BCUT2D eigenvalue weighted by atomic mass is 14.9. The number of benzene rings is 1. The van der Waals surface area contributed by atoms with Crippen LogP contribution in [0.1, 0.15) is 44.7 Å². The molecule has 0 unspecified atom stereocenters. The molecule has 0 saturated heterocycles. The number of nitrogens with one attached hydrogen (secondary N) is 1. The van der Waals surface area contributed by atoms with E-state index >= 15 is 0 Å². The van der Waals surface area contributed by atoms with Gasteiger partial charge in [-0.1, -0.05) is 50.6 Å². The van der Waals surface area contributed by atoms with Crippen LogP contribution in [-0.4, -0.2) is 12.6 Å². The fraction of sp³-hybridized carbons (Fsp3) is 0.625. The van der Waals surface area contributed by atoms with Crippen LogP contribution in [0.2, 0.25) is 0 Å². The predicted molar refractivity (Wildman–Crippen MR) is 74.4 cm³/mol. The van der Waals surface area contributed by atoms with Gasteiger partial charge in [-0.3, -0.25) is 0 Å². The maximum atomic E-state index is 3.62. The van der Waals surface area contributed by atoms with Crippen LogP contribution in [0.15, 0.2) is 24.3 Å². The van der Waals surface area contributed by atoms with Crippen molar-refractivity contribution in [2.75, 3.05) is 6.54 Å². The van der Waals surface area contributed by atoms with Crippen LogP contribution in [0, 0.1) is 12.8 Å². The minimum absolute atomic E-state index is 0.400. The normalized spacial score (nSPS) is 28.2. The molecule has 94 valence electrons. The van der Waals surface area contributed by atoms with Crippen LogP contribution < -0.4 is 5.32 Å². The predicted octanol–water partition coefficient (Wildman–Crippen LogP) is 3.66. The summed E-state index contributed by atoms with van der Waals surface area (Å²) in [5.74, 6) is 0.880. The SMILES string of the molecule is Cc1ccc(C2(CNC(C)C)CC(C)C2)cc1. The molecular weight excluding hydrogens is 206 g/mol. The van der Waals surface area contributed by atoms with Gasteiger partial charge in [0.25, 0.3) is 0 Å². The number of aryl methyl sites for hydroxylation is 1. The van der Waals surface area contributed by atoms with Crippen molar-refractivity contribution in [2.24, 2.45) is 5.92 Å². The molecular formula is C16H25N. The summed E-state index contributed by atoms with van der Waals surface area (Å²) in [5.41, 5.74) is 3.28. The zero-order valence-electron chi connectivity index (χ0n) is 11.6. The van der Waals surface area contributed by atoms with E-state index in [-0.39, 0.29) is 0 Å². The first kappa shape index (κ1) is 12.6. The topological polar surface area (TPSA) is 12.0 Å². The molecule has 2 rings (SSSR count). The Bertz CT molecular complexity index is 358. The fourth-order valence-corrected chi connectivity index (χ4v) is 3.06. The monoisotopic (exact) mass is 231 g/mol. The van der Waals surface area contributed by atoms with Crippen molar-refractivity contribution in [3.05, 3.63) is 35.4 Å². The third-order valence-corrected chi connectivity index (χ3v) is 3.99. The number of hydrogen-bond acceptors (Lipinski definition) is 1. The van der Waals surface area contributed by atoms with Crippen LogP contribution in [0.3, 0.4) is 0 Å². The lowest BCUT2D eigenvalue weighted by molar-refractivity contribution is 0.149. The molecule has 17 heavy (non-hydrogen) atoms. The number of rotatable bonds is 4. The molecule has 1 N–H and O–H groups in total. The molecule has 1 heteroatoms. The van der Waals surface area contributed by atoms with Crippen molar-refractivity contribution < 1.29 is 0 Å². The van der Waals surface area contributed by atoms with Crippen LogP contribution in [0.25, 0.3) is 0 Å². The highest BCUT2D eigenvalue weighted by molar-refractivity contribution is 5.32. The molecule has 1 aliphatic carbocycles. The van der Waals surface area contributed by atoms with Crippen molar-refractivity contribution in [1.29, 1.82) is 0 Å². The minimum atomic E-state index is 0.400. The summed E-state index contributed by atoms with van der Waals surface area (Å²) < 4.78 is 0. The standard InChI is InChI=1S/C16H25N/c1-12(2)17-11-16(9-14(4)10-16)15-7-5-13(3)6-8-15/h5-8,12,14,17H,9-11H2,1-4H3. The van der Waals surface area contributed by atoms with E-state index in [9.17, 15) is 0 Å². The van der Waals surface area contributed by atoms with E-state index in [1.54, 1.807) is 0 Å². The molecule has 0 aromatic heterocycles. The molecule has 0 amide bonds. The Labute approximate surface area is 106 Å². The Morgan fingerprint density at radius 1 is 1.24 bits per heavy atom. The van der Waals surface area contributed by atoms with Gasteiger partial charge in [-0.15, -0.1) is 0 Å². The van der Waals surface area contributed by atoms with Crippen molar-refractivity contribution in [3.63, 3.8) is 0 Å². The minimum Gasteiger partial charge on any atom is -0.314 e. The van der Waals surface area contributed by atoms with Gasteiger partial charge < -0.3 is 5.32 Å². The molecule has 1 saturated carbocycles. The largest absolute Gasteiger partial charge is 0.314 e. The van der Waals surface area contributed by atoms with E-state index in [1.807, 2.05) is 0 Å². The average molecular weight is 231 g/mol. The Morgan fingerprint density at radius 2 is 1.82 bits per heavy atom. The first-order valence-electron chi connectivity index (χ1n) is 6.82. The zero-order chi connectivity index (χ0) is 12.5. The van der Waals surface area contributed by atoms with Crippen molar-refractivity contribution >= 4 is 0 Å². The summed E-state index contributed by atoms with van der Waals surface area (Å²) in [6, 6.07) is 9.71. The maximum Gasteiger partial charge on any atom is 0.00829 e. The third kappa shape index (κ3) is 2.71. The summed E-state index contributed by atoms with van der Waals surface area (Å²) in [7, 11) is 0. The van der Waals surface area contributed by atoms with Crippen LogP contribution in [-0.2, 0) is 5.41 Å². The van der Waals surface area contributed by atoms with Gasteiger partial charge in [-0.25, -0.2) is 0 Å². The molecule has 0 spiro atoms. The summed E-state index contributed by atoms with van der Waals surface area (Å²) in [5, 5.41) is 3.62. The lowest BCUT2D eigenvalue weighted by Crippen LogP contribution is -2.49. The van der Waals surface area contributed by atoms with E-state index in [1.165, 1.54) is 24.0 Å². The second kappa shape index (κ2) is 4.81. The lowest BCUT2D eigenvalue weighted by atomic mass is 9.59. The van der Waals surface area contributed by atoms with Gasteiger partial charge >= 0.3 is 0 Å². The van der Waals surface area contributed by atoms with Gasteiger partial charge in [0.05, 0.1) is 0 Å². The summed E-state index contributed by atoms with van der Waals surface area (Å²) >= 11 is 0. The molecule has 0 bridgehead atoms. The van der Waals surface area contributed by atoms with E-state index in [0.29, 0.717) is 11.5 Å². The van der Waals surface area contributed by atoms with Crippen LogP contribution in [0.4, 0.5) is 0 Å². The molecule has 1 nitrogen and oxygen atoms in total. The highest BCUT2D eigenvalue weighted by Crippen LogP contribution is 2.47. The molecule has 0 atom stereocenters. The Morgan fingerprint density at radius 3 is 2.29 bits per heavy atom. The summed E-state index contributed by atoms with van der Waals surface area (Å²) in [6.07, 6.45) is 2.66. The van der Waals surface area contributed by atoms with Gasteiger partial charge in [0.2, 0.25) is 0 Å². The third-order valence-electron chi connectivity index (χ3n) is 3.99. The molecule has 0 radical (unpaired) electrons. The second-order valence-corrected chi connectivity index (χ2v) is 6.20. The number of hydrogen-bond donors (Lipinski definition) is 1. The van der Waals surface area contributed by atoms with Crippen molar-refractivity contribution in [3.8, 4) is 0 Å². The molecule has 1 fully saturated rings. The van der Waals surface area contributed by atoms with Crippen molar-refractivity contribution in [1.82, 2.24) is 5.32 Å². The second-order valence-electron chi connectivity index (χ2n) is 6.20. The van der Waals surface area contributed by atoms with E-state index in [4.69, 9.17) is 0 Å². The van der Waals surface area contributed by atoms with E-state index in [2.05, 4.69) is 57.3 Å². The first-order valence-corrected chi connectivity index (χ1v) is 6.82. The molecule has 1 aromatic carbocycles. The average Bonchev–Trinajstić information content (AvgIpc) is 2.24. The van der Waals surface area contributed by atoms with Crippen LogP contribution >= 0.6 is 0 Å². The Hall–Kier alpha value is -0.820. The van der Waals surface area contributed by atoms with Crippen LogP contribution in [0.5, 0.6) is 0 Å². The van der Waals surface area contributed by atoms with Gasteiger partial charge in [-0.05, 0) is 31.2 Å². The molecule has 0 aliphatic heterocycles. The van der Waals surface area contributed by atoms with Gasteiger partial charge in [0.15, 0.2) is 0 Å². The fourth-order valence-electron chi connectivity index (χ4n) is 3.06. The molecule has 1 aromatic rings. The smallest absolute Gasteiger partial charge is 0.00829 e. The molecule has 1 aliphatic rings. The lowest BCUT2D eigenvalue weighted by Gasteiger charge is -2.48. The van der Waals surface area contributed by atoms with E-state index in [0.717, 1.165) is 12.5 Å². The summed E-state index contributed by atoms with van der Waals surface area (Å²) in [6.45, 7) is 10.1. The maximum absolute atomic E-state index is 3.62.